The Kier molecular flexibility index (Phi) is 6.28. The summed E-state index contributed by atoms with van der Waals surface area (Å²) in [6.07, 6.45) is 11.7. The zero-order valence-corrected chi connectivity index (χ0v) is 18.4. The van der Waals surface area contributed by atoms with Crippen LogP contribution in [-0.2, 0) is 0 Å². The molecule has 0 amide bonds. The number of nitriles is 1. The van der Waals surface area contributed by atoms with Gasteiger partial charge in [0, 0.05) is 32.2 Å². The van der Waals surface area contributed by atoms with Crippen LogP contribution in [0.3, 0.4) is 0 Å². The van der Waals surface area contributed by atoms with Crippen molar-refractivity contribution >= 4 is 0 Å². The van der Waals surface area contributed by atoms with E-state index < -0.39 is 0 Å². The Morgan fingerprint density at radius 2 is 1.61 bits per heavy atom. The Morgan fingerprint density at radius 1 is 0.903 bits per heavy atom. The van der Waals surface area contributed by atoms with Gasteiger partial charge >= 0.3 is 0 Å². The molecular weight excluding hydrogens is 386 g/mol. The minimum absolute atomic E-state index is 0.00240. The van der Waals surface area contributed by atoms with E-state index in [9.17, 15) is 5.26 Å². The summed E-state index contributed by atoms with van der Waals surface area (Å²) < 4.78 is 2.09. The third-order valence-corrected chi connectivity index (χ3v) is 7.57. The Labute approximate surface area is 185 Å². The molecule has 5 rings (SSSR count). The van der Waals surface area contributed by atoms with Gasteiger partial charge in [-0.25, -0.2) is 4.68 Å². The van der Waals surface area contributed by atoms with Crippen LogP contribution in [0.1, 0.15) is 86.8 Å². The molecule has 0 N–H and O–H groups in total. The highest BCUT2D eigenvalue weighted by molar-refractivity contribution is 5.36. The molecule has 31 heavy (non-hydrogen) atoms. The fraction of sp³-hybridized carbons (Fsp3) is 0.667. The van der Waals surface area contributed by atoms with Crippen molar-refractivity contribution in [3.05, 3.63) is 41.2 Å². The molecule has 7 heteroatoms. The van der Waals surface area contributed by atoms with Gasteiger partial charge in [-0.1, -0.05) is 44.2 Å². The highest BCUT2D eigenvalue weighted by atomic mass is 15.6. The number of hydrogen-bond donors (Lipinski definition) is 0. The van der Waals surface area contributed by atoms with Gasteiger partial charge in [0.05, 0.1) is 23.7 Å². The molecule has 0 bridgehead atoms. The minimum atomic E-state index is -0.00240. The standard InChI is InChI=1S/C24H33N7/c25-18-19-7-6-8-20(17-19)23(24-26-27-28-31(24)22-11-4-5-12-22)30-15-13-29(14-16-30)21-9-2-1-3-10-21/h6-8,17,21-23H,1-5,9-16H2. The van der Waals surface area contributed by atoms with E-state index in [1.807, 2.05) is 18.2 Å². The van der Waals surface area contributed by atoms with E-state index in [0.29, 0.717) is 11.6 Å². The average molecular weight is 420 g/mol. The highest BCUT2D eigenvalue weighted by Gasteiger charge is 2.34. The van der Waals surface area contributed by atoms with E-state index in [2.05, 4.69) is 42.1 Å². The SMILES string of the molecule is N#Cc1cccc(C(c2nnnn2C2CCCC2)N2CCN(C3CCCCC3)CC2)c1. The van der Waals surface area contributed by atoms with Crippen LogP contribution in [0.25, 0.3) is 0 Å². The third kappa shape index (κ3) is 4.37. The fourth-order valence-electron chi connectivity index (χ4n) is 5.90. The van der Waals surface area contributed by atoms with Gasteiger partial charge in [-0.05, 0) is 53.8 Å². The lowest BCUT2D eigenvalue weighted by atomic mass is 9.93. The number of nitrogens with zero attached hydrogens (tertiary/aromatic N) is 7. The van der Waals surface area contributed by atoms with Crippen LogP contribution in [0.5, 0.6) is 0 Å². The molecule has 2 heterocycles. The van der Waals surface area contributed by atoms with E-state index in [1.54, 1.807) is 0 Å². The Bertz CT molecular complexity index is 897. The van der Waals surface area contributed by atoms with Crippen molar-refractivity contribution in [2.75, 3.05) is 26.2 Å². The molecule has 0 spiro atoms. The molecule has 1 atom stereocenters. The van der Waals surface area contributed by atoms with Crippen molar-refractivity contribution < 1.29 is 0 Å². The van der Waals surface area contributed by atoms with E-state index in [0.717, 1.165) is 56.5 Å². The molecule has 1 aromatic carbocycles. The molecule has 2 aliphatic carbocycles. The smallest absolute Gasteiger partial charge is 0.173 e. The maximum atomic E-state index is 9.48. The summed E-state index contributed by atoms with van der Waals surface area (Å²) in [5.74, 6) is 0.938. The molecule has 2 saturated carbocycles. The second-order valence-corrected chi connectivity index (χ2v) is 9.42. The minimum Gasteiger partial charge on any atom is -0.298 e. The maximum absolute atomic E-state index is 9.48. The lowest BCUT2D eigenvalue weighted by Gasteiger charge is -2.43. The van der Waals surface area contributed by atoms with Gasteiger partial charge in [0.2, 0.25) is 0 Å². The molecule has 1 aliphatic heterocycles. The van der Waals surface area contributed by atoms with Gasteiger partial charge in [-0.3, -0.25) is 9.80 Å². The number of hydrogen-bond acceptors (Lipinski definition) is 6. The molecule has 7 nitrogen and oxygen atoms in total. The second-order valence-electron chi connectivity index (χ2n) is 9.42. The van der Waals surface area contributed by atoms with Crippen LogP contribution in [-0.4, -0.2) is 62.2 Å². The van der Waals surface area contributed by atoms with E-state index in [4.69, 9.17) is 0 Å². The molecule has 164 valence electrons. The summed E-state index contributed by atoms with van der Waals surface area (Å²) in [4.78, 5) is 5.24. The first kappa shape index (κ1) is 20.6. The van der Waals surface area contributed by atoms with Crippen molar-refractivity contribution in [1.29, 1.82) is 5.26 Å². The number of benzene rings is 1. The number of piperazine rings is 1. The van der Waals surface area contributed by atoms with E-state index in [-0.39, 0.29) is 6.04 Å². The second kappa shape index (κ2) is 9.46. The van der Waals surface area contributed by atoms with Gasteiger partial charge in [0.15, 0.2) is 5.82 Å². The molecule has 1 unspecified atom stereocenters. The van der Waals surface area contributed by atoms with Crippen molar-refractivity contribution in [2.24, 2.45) is 0 Å². The molecule has 2 aromatic rings. The van der Waals surface area contributed by atoms with Gasteiger partial charge in [0.1, 0.15) is 0 Å². The lowest BCUT2D eigenvalue weighted by molar-refractivity contribution is 0.0615. The highest BCUT2D eigenvalue weighted by Crippen LogP contribution is 2.35. The Morgan fingerprint density at radius 3 is 2.35 bits per heavy atom. The number of aromatic nitrogens is 4. The zero-order valence-electron chi connectivity index (χ0n) is 18.4. The third-order valence-electron chi connectivity index (χ3n) is 7.57. The van der Waals surface area contributed by atoms with Crippen molar-refractivity contribution in [1.82, 2.24) is 30.0 Å². The normalized spacial score (nSPS) is 23.1. The Hall–Kier alpha value is -2.30. The molecule has 0 radical (unpaired) electrons. The summed E-state index contributed by atoms with van der Waals surface area (Å²) in [5, 5.41) is 22.5. The predicted molar refractivity (Wildman–Crippen MR) is 118 cm³/mol. The number of rotatable bonds is 5. The lowest BCUT2D eigenvalue weighted by Crippen LogP contribution is -2.52. The van der Waals surface area contributed by atoms with Crippen LogP contribution in [0.4, 0.5) is 0 Å². The first-order chi connectivity index (χ1) is 15.3. The van der Waals surface area contributed by atoms with E-state index >= 15 is 0 Å². The maximum Gasteiger partial charge on any atom is 0.173 e. The summed E-state index contributed by atoms with van der Waals surface area (Å²) in [6.45, 7) is 4.22. The van der Waals surface area contributed by atoms with Gasteiger partial charge < -0.3 is 0 Å². The van der Waals surface area contributed by atoms with E-state index in [1.165, 1.54) is 44.9 Å². The Balaban J connectivity index is 1.41. The summed E-state index contributed by atoms with van der Waals surface area (Å²) in [5.41, 5.74) is 1.82. The van der Waals surface area contributed by atoms with Crippen LogP contribution < -0.4 is 0 Å². The molecular formula is C24H33N7. The van der Waals surface area contributed by atoms with Crippen LogP contribution >= 0.6 is 0 Å². The largest absolute Gasteiger partial charge is 0.298 e. The topological polar surface area (TPSA) is 73.9 Å². The molecule has 3 aliphatic rings. The van der Waals surface area contributed by atoms with Gasteiger partial charge in [0.25, 0.3) is 0 Å². The van der Waals surface area contributed by atoms with Crippen LogP contribution in [0.15, 0.2) is 24.3 Å². The average Bonchev–Trinajstić information content (AvgIpc) is 3.53. The van der Waals surface area contributed by atoms with Crippen LogP contribution in [0.2, 0.25) is 0 Å². The first-order valence-electron chi connectivity index (χ1n) is 12.1. The quantitative estimate of drug-likeness (QED) is 0.736. The van der Waals surface area contributed by atoms with Crippen molar-refractivity contribution in [3.63, 3.8) is 0 Å². The number of tetrazole rings is 1. The summed E-state index contributed by atoms with van der Waals surface area (Å²) in [6, 6.07) is 11.5. The summed E-state index contributed by atoms with van der Waals surface area (Å²) in [7, 11) is 0. The fourth-order valence-corrected chi connectivity index (χ4v) is 5.90. The monoisotopic (exact) mass is 419 g/mol. The first-order valence-corrected chi connectivity index (χ1v) is 12.1. The van der Waals surface area contributed by atoms with Gasteiger partial charge in [-0.2, -0.15) is 5.26 Å². The van der Waals surface area contributed by atoms with Crippen molar-refractivity contribution in [2.45, 2.75) is 75.9 Å². The molecule has 1 saturated heterocycles. The summed E-state index contributed by atoms with van der Waals surface area (Å²) >= 11 is 0. The predicted octanol–water partition coefficient (Wildman–Crippen LogP) is 3.70. The molecule has 1 aromatic heterocycles. The van der Waals surface area contributed by atoms with Crippen LogP contribution in [0, 0.1) is 11.3 Å². The van der Waals surface area contributed by atoms with Gasteiger partial charge in [-0.15, -0.1) is 5.10 Å². The zero-order chi connectivity index (χ0) is 21.0. The molecule has 3 fully saturated rings. The van der Waals surface area contributed by atoms with Crippen molar-refractivity contribution in [3.8, 4) is 6.07 Å².